The lowest BCUT2D eigenvalue weighted by Crippen LogP contribution is -2.15. The van der Waals surface area contributed by atoms with Crippen LogP contribution in [0.4, 0.5) is 5.69 Å². The molecule has 0 spiro atoms. The van der Waals surface area contributed by atoms with Crippen LogP contribution in [-0.2, 0) is 10.0 Å². The van der Waals surface area contributed by atoms with Gasteiger partial charge in [-0.3, -0.25) is 9.71 Å². The lowest BCUT2D eigenvalue weighted by Gasteiger charge is -2.13. The predicted octanol–water partition coefficient (Wildman–Crippen LogP) is 4.31. The van der Waals surface area contributed by atoms with Gasteiger partial charge in [0, 0.05) is 28.3 Å². The summed E-state index contributed by atoms with van der Waals surface area (Å²) < 4.78 is 40.6. The molecule has 2 aromatic heterocycles. The molecule has 2 heterocycles. The van der Waals surface area contributed by atoms with Crippen molar-refractivity contribution in [3.05, 3.63) is 82.2 Å². The van der Waals surface area contributed by atoms with Crippen molar-refractivity contribution in [1.29, 1.82) is 0 Å². The van der Waals surface area contributed by atoms with Crippen LogP contribution in [-0.4, -0.2) is 43.7 Å². The summed E-state index contributed by atoms with van der Waals surface area (Å²) in [6, 6.07) is 12.6. The number of carboxylic acids is 1. The fourth-order valence-corrected chi connectivity index (χ4v) is 4.98. The van der Waals surface area contributed by atoms with Gasteiger partial charge >= 0.3 is 5.97 Å². The fraction of sp³-hybridized carbons (Fsp3) is 0.0800. The first-order chi connectivity index (χ1) is 17.2. The van der Waals surface area contributed by atoms with Crippen LogP contribution in [0.1, 0.15) is 21.6 Å². The minimum absolute atomic E-state index is 0.0177. The van der Waals surface area contributed by atoms with E-state index >= 15 is 0 Å². The maximum absolute atomic E-state index is 13.4. The van der Waals surface area contributed by atoms with Gasteiger partial charge in [-0.15, -0.1) is 0 Å². The largest absolute Gasteiger partial charge is 0.496 e. The first-order valence-electron chi connectivity index (χ1n) is 10.3. The Morgan fingerprint density at radius 1 is 1.00 bits per heavy atom. The van der Waals surface area contributed by atoms with E-state index in [-0.39, 0.29) is 27.5 Å². The lowest BCUT2D eigenvalue weighted by molar-refractivity contribution is 0.0690. The molecule has 0 radical (unpaired) electrons. The zero-order valence-electron chi connectivity index (χ0n) is 18.9. The number of fused-ring (bicyclic) bond motifs is 1. The number of aromatic nitrogens is 2. The standard InChI is InChI=1S/C25H18BrN3O6S/c1-34-21-9-10-23(24-18(21)4-3-11-27-24)36(32,33)29-19-8-7-17(26)12-15(19)5-6-16-14-28-20(25(30)31)13-22(16)35-2/h3-4,7-14,29H,1-2H3,(H,30,31). The van der Waals surface area contributed by atoms with Gasteiger partial charge in [-0.1, -0.05) is 27.8 Å². The van der Waals surface area contributed by atoms with Gasteiger partial charge in [0.25, 0.3) is 10.0 Å². The molecule has 182 valence electrons. The van der Waals surface area contributed by atoms with E-state index in [1.165, 1.54) is 38.7 Å². The summed E-state index contributed by atoms with van der Waals surface area (Å²) >= 11 is 3.38. The number of methoxy groups -OCH3 is 2. The predicted molar refractivity (Wildman–Crippen MR) is 137 cm³/mol. The quantitative estimate of drug-likeness (QED) is 0.330. The molecule has 2 aromatic carbocycles. The number of benzene rings is 2. The Balaban J connectivity index is 1.75. The normalized spacial score (nSPS) is 10.9. The van der Waals surface area contributed by atoms with Crippen molar-refractivity contribution in [3.63, 3.8) is 0 Å². The molecule has 0 aliphatic carbocycles. The molecule has 36 heavy (non-hydrogen) atoms. The summed E-state index contributed by atoms with van der Waals surface area (Å²) in [7, 11) is -1.18. The number of aromatic carboxylic acids is 1. The van der Waals surface area contributed by atoms with E-state index in [9.17, 15) is 13.2 Å². The molecule has 11 heteroatoms. The number of nitrogens with zero attached hydrogens (tertiary/aromatic N) is 2. The maximum Gasteiger partial charge on any atom is 0.354 e. The van der Waals surface area contributed by atoms with Gasteiger partial charge in [0.05, 0.1) is 36.6 Å². The van der Waals surface area contributed by atoms with Gasteiger partial charge < -0.3 is 14.6 Å². The number of nitrogens with one attached hydrogen (secondary N) is 1. The van der Waals surface area contributed by atoms with Crippen LogP contribution >= 0.6 is 15.9 Å². The number of anilines is 1. The molecule has 4 rings (SSSR count). The molecular weight excluding hydrogens is 550 g/mol. The van der Waals surface area contributed by atoms with Crippen LogP contribution in [0.5, 0.6) is 11.5 Å². The topological polar surface area (TPSA) is 128 Å². The highest BCUT2D eigenvalue weighted by Gasteiger charge is 2.21. The molecule has 0 unspecified atom stereocenters. The van der Waals surface area contributed by atoms with E-state index < -0.39 is 16.0 Å². The Bertz CT molecular complexity index is 1660. The molecule has 0 saturated heterocycles. The molecule has 0 fully saturated rings. The number of hydrogen-bond acceptors (Lipinski definition) is 7. The van der Waals surface area contributed by atoms with Crippen LogP contribution in [0, 0.1) is 11.8 Å². The first-order valence-corrected chi connectivity index (χ1v) is 12.5. The van der Waals surface area contributed by atoms with Gasteiger partial charge in [0.1, 0.15) is 16.4 Å². The van der Waals surface area contributed by atoms with Crippen LogP contribution in [0.2, 0.25) is 0 Å². The number of halogens is 1. The van der Waals surface area contributed by atoms with Gasteiger partial charge in [0.15, 0.2) is 5.69 Å². The summed E-state index contributed by atoms with van der Waals surface area (Å²) in [6.07, 6.45) is 2.79. The molecule has 0 aliphatic heterocycles. The highest BCUT2D eigenvalue weighted by Crippen LogP contribution is 2.31. The zero-order valence-corrected chi connectivity index (χ0v) is 21.3. The highest BCUT2D eigenvalue weighted by molar-refractivity contribution is 9.10. The zero-order chi connectivity index (χ0) is 25.9. The number of carbonyl (C=O) groups is 1. The second-order valence-corrected chi connectivity index (χ2v) is 9.85. The number of pyridine rings is 2. The van der Waals surface area contributed by atoms with Crippen LogP contribution < -0.4 is 14.2 Å². The molecular formula is C25H18BrN3O6S. The molecule has 0 aliphatic rings. The number of carboxylic acid groups (broad SMARTS) is 1. The molecule has 0 amide bonds. The summed E-state index contributed by atoms with van der Waals surface area (Å²) in [4.78, 5) is 19.3. The van der Waals surface area contributed by atoms with E-state index in [0.717, 1.165) is 0 Å². The third kappa shape index (κ3) is 5.10. The van der Waals surface area contributed by atoms with Gasteiger partial charge in [-0.05, 0) is 42.5 Å². The van der Waals surface area contributed by atoms with E-state index in [1.807, 2.05) is 0 Å². The summed E-state index contributed by atoms with van der Waals surface area (Å²) in [5, 5.41) is 9.69. The Morgan fingerprint density at radius 2 is 1.75 bits per heavy atom. The van der Waals surface area contributed by atoms with Crippen molar-refractivity contribution in [2.24, 2.45) is 0 Å². The molecule has 0 saturated carbocycles. The number of rotatable bonds is 6. The fourth-order valence-electron chi connectivity index (χ4n) is 3.38. The average molecular weight is 568 g/mol. The number of hydrogen-bond donors (Lipinski definition) is 2. The Morgan fingerprint density at radius 3 is 2.47 bits per heavy atom. The molecule has 2 N–H and O–H groups in total. The average Bonchev–Trinajstić information content (AvgIpc) is 2.87. The minimum Gasteiger partial charge on any atom is -0.496 e. The van der Waals surface area contributed by atoms with Crippen molar-refractivity contribution in [2.45, 2.75) is 4.90 Å². The van der Waals surface area contributed by atoms with Crippen LogP contribution in [0.15, 0.2) is 70.3 Å². The third-order valence-corrected chi connectivity index (χ3v) is 6.96. The van der Waals surface area contributed by atoms with E-state index in [4.69, 9.17) is 14.6 Å². The molecule has 0 atom stereocenters. The molecule has 4 aromatic rings. The second-order valence-electron chi connectivity index (χ2n) is 7.29. The van der Waals surface area contributed by atoms with Crippen molar-refractivity contribution in [3.8, 4) is 23.3 Å². The van der Waals surface area contributed by atoms with Crippen molar-refractivity contribution >= 4 is 48.5 Å². The summed E-state index contributed by atoms with van der Waals surface area (Å²) in [6.45, 7) is 0. The molecule has 0 bridgehead atoms. The third-order valence-electron chi connectivity index (χ3n) is 5.06. The summed E-state index contributed by atoms with van der Waals surface area (Å²) in [5.41, 5.74) is 1.02. The van der Waals surface area contributed by atoms with Crippen molar-refractivity contribution < 1.29 is 27.8 Å². The SMILES string of the molecule is COc1cc(C(=O)O)ncc1C#Cc1cc(Br)ccc1NS(=O)(=O)c1ccc(OC)c2cccnc12. The number of sulfonamides is 1. The van der Waals surface area contributed by atoms with E-state index in [0.29, 0.717) is 26.7 Å². The minimum atomic E-state index is -4.06. The van der Waals surface area contributed by atoms with E-state index in [2.05, 4.69) is 42.5 Å². The van der Waals surface area contributed by atoms with Gasteiger partial charge in [0.2, 0.25) is 0 Å². The second kappa shape index (κ2) is 10.2. The van der Waals surface area contributed by atoms with Crippen LogP contribution in [0.3, 0.4) is 0 Å². The van der Waals surface area contributed by atoms with Gasteiger partial charge in [-0.2, -0.15) is 0 Å². The Kier molecular flexibility index (Phi) is 7.10. The first kappa shape index (κ1) is 25.0. The van der Waals surface area contributed by atoms with Gasteiger partial charge in [-0.25, -0.2) is 18.2 Å². The van der Waals surface area contributed by atoms with Crippen molar-refractivity contribution in [2.75, 3.05) is 18.9 Å². The maximum atomic E-state index is 13.4. The van der Waals surface area contributed by atoms with Crippen molar-refractivity contribution in [1.82, 2.24) is 9.97 Å². The lowest BCUT2D eigenvalue weighted by atomic mass is 10.1. The Labute approximate surface area is 215 Å². The number of ether oxygens (including phenoxy) is 2. The molecule has 9 nitrogen and oxygen atoms in total. The van der Waals surface area contributed by atoms with E-state index in [1.54, 1.807) is 36.4 Å². The highest BCUT2D eigenvalue weighted by atomic mass is 79.9. The Hall–Kier alpha value is -4.14. The van der Waals surface area contributed by atoms with Crippen LogP contribution in [0.25, 0.3) is 10.9 Å². The summed E-state index contributed by atoms with van der Waals surface area (Å²) in [5.74, 6) is 5.31. The smallest absolute Gasteiger partial charge is 0.354 e. The monoisotopic (exact) mass is 567 g/mol.